The van der Waals surface area contributed by atoms with Crippen LogP contribution in [0.1, 0.15) is 29.5 Å². The van der Waals surface area contributed by atoms with E-state index in [0.717, 1.165) is 45.5 Å². The molecular formula is C34H33FN2O5S2. The van der Waals surface area contributed by atoms with E-state index in [1.165, 1.54) is 24.1 Å². The Balaban J connectivity index is 0.000000285. The van der Waals surface area contributed by atoms with Crippen molar-refractivity contribution in [2.75, 3.05) is 6.61 Å². The van der Waals surface area contributed by atoms with Crippen molar-refractivity contribution in [3.63, 3.8) is 0 Å². The maximum atomic E-state index is 13.9. The fourth-order valence-electron chi connectivity index (χ4n) is 4.70. The highest BCUT2D eigenvalue weighted by molar-refractivity contribution is 7.98. The molecule has 4 aromatic carbocycles. The van der Waals surface area contributed by atoms with Crippen molar-refractivity contribution in [2.24, 2.45) is 4.40 Å². The lowest BCUT2D eigenvalue weighted by Crippen LogP contribution is -2.04. The predicted molar refractivity (Wildman–Crippen MR) is 176 cm³/mol. The molecular weight excluding hydrogens is 600 g/mol. The third-order valence-electron chi connectivity index (χ3n) is 6.58. The van der Waals surface area contributed by atoms with Crippen molar-refractivity contribution in [3.8, 4) is 16.9 Å². The van der Waals surface area contributed by atoms with Gasteiger partial charge in [0, 0.05) is 45.6 Å². The zero-order valence-electron chi connectivity index (χ0n) is 24.6. The second kappa shape index (κ2) is 15.0. The average molecular weight is 633 g/mol. The summed E-state index contributed by atoms with van der Waals surface area (Å²) in [4.78, 5) is 15.1. The van der Waals surface area contributed by atoms with E-state index in [2.05, 4.69) is 9.38 Å². The van der Waals surface area contributed by atoms with Gasteiger partial charge in [-0.05, 0) is 92.8 Å². The molecule has 5 aromatic rings. The van der Waals surface area contributed by atoms with E-state index in [0.29, 0.717) is 23.3 Å². The summed E-state index contributed by atoms with van der Waals surface area (Å²) in [7, 11) is -4.08. The smallest absolute Gasteiger partial charge is 0.295 e. The lowest BCUT2D eigenvalue weighted by atomic mass is 10.1. The molecule has 0 saturated carbocycles. The molecule has 0 saturated heterocycles. The van der Waals surface area contributed by atoms with Crippen LogP contribution < -0.4 is 10.3 Å². The minimum atomic E-state index is -4.08. The molecule has 0 radical (unpaired) electrons. The Morgan fingerprint density at radius 2 is 1.64 bits per heavy atom. The van der Waals surface area contributed by atoms with Gasteiger partial charge >= 0.3 is 0 Å². The van der Waals surface area contributed by atoms with E-state index in [-0.39, 0.29) is 16.3 Å². The molecule has 1 heterocycles. The monoisotopic (exact) mass is 632 g/mol. The summed E-state index contributed by atoms with van der Waals surface area (Å²) in [5, 5.41) is 0.941. The van der Waals surface area contributed by atoms with Gasteiger partial charge in [-0.3, -0.25) is 9.35 Å². The normalized spacial score (nSPS) is 11.4. The van der Waals surface area contributed by atoms with Crippen LogP contribution in [0.2, 0.25) is 0 Å². The molecule has 0 amide bonds. The van der Waals surface area contributed by atoms with Gasteiger partial charge in [0.15, 0.2) is 0 Å². The second-order valence-corrected chi connectivity index (χ2v) is 12.4. The number of benzene rings is 4. The van der Waals surface area contributed by atoms with E-state index >= 15 is 0 Å². The molecule has 0 aliphatic carbocycles. The van der Waals surface area contributed by atoms with Crippen molar-refractivity contribution >= 4 is 39.2 Å². The SMILES string of the molecule is Cc1cc(C)c(S(=O)(=O)O)c(C)c1.O=c1ccc2cc(OCCCC=NSc3ccc(-c4ccccc4F)cc3)ccc2[nH]1. The number of unbranched alkanes of at least 4 members (excludes halogenated alkanes) is 1. The summed E-state index contributed by atoms with van der Waals surface area (Å²) in [6.07, 6.45) is 3.53. The fraction of sp³-hybridized carbons (Fsp3) is 0.176. The molecule has 0 atom stereocenters. The van der Waals surface area contributed by atoms with Gasteiger partial charge in [0.1, 0.15) is 11.6 Å². The highest BCUT2D eigenvalue weighted by Gasteiger charge is 2.16. The molecule has 228 valence electrons. The molecule has 0 fully saturated rings. The number of nitrogens with zero attached hydrogens (tertiary/aromatic N) is 1. The Kier molecular flexibility index (Phi) is 11.1. The van der Waals surface area contributed by atoms with Crippen LogP contribution >= 0.6 is 11.9 Å². The molecule has 1 aromatic heterocycles. The van der Waals surface area contributed by atoms with Gasteiger partial charge in [-0.1, -0.05) is 48.0 Å². The molecule has 0 unspecified atom stereocenters. The van der Waals surface area contributed by atoms with Crippen molar-refractivity contribution in [1.29, 1.82) is 0 Å². The van der Waals surface area contributed by atoms with E-state index in [1.807, 2.05) is 61.7 Å². The van der Waals surface area contributed by atoms with Crippen LogP contribution in [0.15, 0.2) is 110 Å². The molecule has 44 heavy (non-hydrogen) atoms. The molecule has 0 aliphatic rings. The van der Waals surface area contributed by atoms with Gasteiger partial charge in [0.2, 0.25) is 5.56 Å². The molecule has 7 nitrogen and oxygen atoms in total. The highest BCUT2D eigenvalue weighted by Crippen LogP contribution is 2.26. The quantitative estimate of drug-likeness (QED) is 0.0735. The van der Waals surface area contributed by atoms with Gasteiger partial charge in [-0.15, -0.1) is 0 Å². The van der Waals surface area contributed by atoms with Crippen LogP contribution in [0.4, 0.5) is 4.39 Å². The Morgan fingerprint density at radius 3 is 2.32 bits per heavy atom. The molecule has 0 aliphatic heterocycles. The number of hydrogen-bond donors (Lipinski definition) is 2. The first kappa shape index (κ1) is 32.7. The Morgan fingerprint density at radius 1 is 0.932 bits per heavy atom. The van der Waals surface area contributed by atoms with Crippen molar-refractivity contribution in [1.82, 2.24) is 4.98 Å². The largest absolute Gasteiger partial charge is 0.494 e. The van der Waals surface area contributed by atoms with E-state index in [1.54, 1.807) is 44.2 Å². The van der Waals surface area contributed by atoms with E-state index in [9.17, 15) is 17.6 Å². The van der Waals surface area contributed by atoms with Crippen LogP contribution in [-0.2, 0) is 10.1 Å². The molecule has 0 spiro atoms. The number of H-pyrrole nitrogens is 1. The van der Waals surface area contributed by atoms with Crippen molar-refractivity contribution in [3.05, 3.63) is 124 Å². The van der Waals surface area contributed by atoms with Gasteiger partial charge in [0.25, 0.3) is 10.1 Å². The zero-order chi connectivity index (χ0) is 31.7. The number of pyridine rings is 1. The first-order chi connectivity index (χ1) is 21.0. The van der Waals surface area contributed by atoms with Gasteiger partial charge in [0.05, 0.1) is 11.5 Å². The van der Waals surface area contributed by atoms with Gasteiger partial charge in [-0.25, -0.2) is 8.79 Å². The summed E-state index contributed by atoms with van der Waals surface area (Å²) in [6, 6.07) is 26.8. The molecule has 0 bridgehead atoms. The van der Waals surface area contributed by atoms with Crippen molar-refractivity contribution in [2.45, 2.75) is 43.4 Å². The Labute approximate surface area is 260 Å². The molecule has 2 N–H and O–H groups in total. The van der Waals surface area contributed by atoms with Crippen LogP contribution in [-0.4, -0.2) is 30.8 Å². The number of hydrogen-bond acceptors (Lipinski definition) is 6. The lowest BCUT2D eigenvalue weighted by molar-refractivity contribution is 0.314. The average Bonchev–Trinajstić information content (AvgIpc) is 2.96. The number of ether oxygens (including phenoxy) is 1. The Hall–Kier alpha value is -4.25. The lowest BCUT2D eigenvalue weighted by Gasteiger charge is -2.07. The van der Waals surface area contributed by atoms with E-state index < -0.39 is 10.1 Å². The Bertz CT molecular complexity index is 1920. The van der Waals surface area contributed by atoms with Crippen LogP contribution in [0.25, 0.3) is 22.0 Å². The van der Waals surface area contributed by atoms with Gasteiger partial charge < -0.3 is 9.72 Å². The maximum Gasteiger partial charge on any atom is 0.295 e. The molecule has 5 rings (SSSR count). The minimum absolute atomic E-state index is 0.0260. The van der Waals surface area contributed by atoms with Crippen LogP contribution in [0.5, 0.6) is 5.75 Å². The number of rotatable bonds is 9. The van der Waals surface area contributed by atoms with Gasteiger partial charge in [-0.2, -0.15) is 8.42 Å². The number of halogens is 1. The first-order valence-corrected chi connectivity index (χ1v) is 16.1. The first-order valence-electron chi connectivity index (χ1n) is 13.9. The van der Waals surface area contributed by atoms with Crippen molar-refractivity contribution < 1.29 is 22.1 Å². The second-order valence-electron chi connectivity index (χ2n) is 10.1. The number of aryl methyl sites for hydroxylation is 3. The third-order valence-corrected chi connectivity index (χ3v) is 8.47. The summed E-state index contributed by atoms with van der Waals surface area (Å²) < 4.78 is 54.8. The van der Waals surface area contributed by atoms with Crippen LogP contribution in [0.3, 0.4) is 0 Å². The number of fused-ring (bicyclic) bond motifs is 1. The highest BCUT2D eigenvalue weighted by atomic mass is 32.2. The number of nitrogens with one attached hydrogen (secondary N) is 1. The standard InChI is InChI=1S/C25H21FN2O2S.C9H12O3S/c26-23-6-2-1-5-22(23)18-7-11-21(12-8-18)31-27-15-3-4-16-30-20-10-13-24-19(17-20)9-14-25(29)28-24;1-6-4-7(2)9(8(3)5-6)13(10,11)12/h1-2,5-15,17H,3-4,16H2,(H,28,29);4-5H,1-3H3,(H,10,11,12). The topological polar surface area (TPSA) is 109 Å². The summed E-state index contributed by atoms with van der Waals surface area (Å²) in [6.45, 7) is 5.81. The summed E-state index contributed by atoms with van der Waals surface area (Å²) in [5.74, 6) is 0.558. The summed E-state index contributed by atoms with van der Waals surface area (Å²) >= 11 is 1.39. The fourth-order valence-corrected chi connectivity index (χ4v) is 6.19. The maximum absolute atomic E-state index is 13.9. The zero-order valence-corrected chi connectivity index (χ0v) is 26.2. The third kappa shape index (κ3) is 9.12. The predicted octanol–water partition coefficient (Wildman–Crippen LogP) is 8.13. The summed E-state index contributed by atoms with van der Waals surface area (Å²) in [5.41, 5.74) is 4.29. The number of aromatic amines is 1. The number of aromatic nitrogens is 1. The molecule has 10 heteroatoms. The van der Waals surface area contributed by atoms with Crippen LogP contribution in [0, 0.1) is 26.6 Å². The minimum Gasteiger partial charge on any atom is -0.494 e. The van der Waals surface area contributed by atoms with E-state index in [4.69, 9.17) is 9.29 Å².